The summed E-state index contributed by atoms with van der Waals surface area (Å²) in [4.78, 5) is 12.7. The predicted octanol–water partition coefficient (Wildman–Crippen LogP) is 3.98. The first-order valence-electron chi connectivity index (χ1n) is 7.21. The molecule has 2 aliphatic rings. The summed E-state index contributed by atoms with van der Waals surface area (Å²) in [7, 11) is 0. The molecule has 0 saturated heterocycles. The first-order chi connectivity index (χ1) is 9.24. The monoisotopic (exact) mass is 276 g/mol. The van der Waals surface area contributed by atoms with Crippen LogP contribution >= 0.6 is 11.8 Å². The molecule has 102 valence electrons. The second-order valence-electron chi connectivity index (χ2n) is 5.78. The van der Waals surface area contributed by atoms with E-state index in [9.17, 15) is 9.90 Å². The van der Waals surface area contributed by atoms with Crippen molar-refractivity contribution < 1.29 is 9.90 Å². The fourth-order valence-electron chi connectivity index (χ4n) is 3.54. The molecule has 0 radical (unpaired) electrons. The fourth-order valence-corrected chi connectivity index (χ4v) is 4.96. The number of thioether (sulfide) groups is 1. The third-order valence-corrected chi connectivity index (χ3v) is 5.85. The molecule has 3 atom stereocenters. The topological polar surface area (TPSA) is 37.3 Å². The van der Waals surface area contributed by atoms with Crippen LogP contribution in [0.15, 0.2) is 29.2 Å². The van der Waals surface area contributed by atoms with Crippen molar-refractivity contribution in [3.8, 4) is 0 Å². The molecular weight excluding hydrogens is 256 g/mol. The molecule has 3 unspecified atom stereocenters. The van der Waals surface area contributed by atoms with Crippen molar-refractivity contribution in [1.29, 1.82) is 0 Å². The standard InChI is InChI=1S/C16H20O2S/c17-16(18)14-7-3-1-5-11(14)9-13-10-12-6-2-4-8-15(12)19-13/h2,4,6,8,11,13-14H,1,3,5,7,9-10H2,(H,17,18). The van der Waals surface area contributed by atoms with E-state index in [0.717, 1.165) is 32.1 Å². The molecule has 1 saturated carbocycles. The molecule has 1 fully saturated rings. The molecular formula is C16H20O2S. The van der Waals surface area contributed by atoms with Crippen molar-refractivity contribution in [1.82, 2.24) is 0 Å². The summed E-state index contributed by atoms with van der Waals surface area (Å²) in [5.74, 6) is -0.290. The summed E-state index contributed by atoms with van der Waals surface area (Å²) < 4.78 is 0. The molecule has 1 aromatic rings. The number of aliphatic carboxylic acids is 1. The number of fused-ring (bicyclic) bond motifs is 1. The van der Waals surface area contributed by atoms with E-state index in [0.29, 0.717) is 11.2 Å². The van der Waals surface area contributed by atoms with E-state index in [1.807, 2.05) is 11.8 Å². The summed E-state index contributed by atoms with van der Waals surface area (Å²) in [5, 5.41) is 9.93. The van der Waals surface area contributed by atoms with E-state index < -0.39 is 5.97 Å². The average molecular weight is 276 g/mol. The molecule has 1 aromatic carbocycles. The Kier molecular flexibility index (Phi) is 3.83. The van der Waals surface area contributed by atoms with Crippen LogP contribution in [-0.2, 0) is 11.2 Å². The molecule has 0 amide bonds. The third-order valence-electron chi connectivity index (χ3n) is 4.51. The van der Waals surface area contributed by atoms with Crippen LogP contribution in [-0.4, -0.2) is 16.3 Å². The number of hydrogen-bond acceptors (Lipinski definition) is 2. The minimum atomic E-state index is -0.579. The van der Waals surface area contributed by atoms with Crippen LogP contribution in [0.1, 0.15) is 37.7 Å². The third kappa shape index (κ3) is 2.81. The maximum atomic E-state index is 11.3. The first-order valence-corrected chi connectivity index (χ1v) is 8.09. The maximum absolute atomic E-state index is 11.3. The van der Waals surface area contributed by atoms with Crippen LogP contribution in [0.2, 0.25) is 0 Å². The molecule has 0 aromatic heterocycles. The molecule has 3 rings (SSSR count). The molecule has 1 N–H and O–H groups in total. The summed E-state index contributed by atoms with van der Waals surface area (Å²) in [6, 6.07) is 8.59. The van der Waals surface area contributed by atoms with E-state index in [2.05, 4.69) is 24.3 Å². The van der Waals surface area contributed by atoms with Crippen molar-refractivity contribution in [2.24, 2.45) is 11.8 Å². The van der Waals surface area contributed by atoms with Crippen molar-refractivity contribution in [2.45, 2.75) is 48.7 Å². The van der Waals surface area contributed by atoms with E-state index in [1.165, 1.54) is 16.9 Å². The fraction of sp³-hybridized carbons (Fsp3) is 0.562. The second kappa shape index (κ2) is 5.58. The average Bonchev–Trinajstić information content (AvgIpc) is 2.81. The highest BCUT2D eigenvalue weighted by molar-refractivity contribution is 8.00. The predicted molar refractivity (Wildman–Crippen MR) is 77.5 cm³/mol. The highest BCUT2D eigenvalue weighted by Crippen LogP contribution is 2.43. The Hall–Kier alpha value is -0.960. The number of carbonyl (C=O) groups is 1. The van der Waals surface area contributed by atoms with Crippen molar-refractivity contribution in [3.63, 3.8) is 0 Å². The number of hydrogen-bond donors (Lipinski definition) is 1. The highest BCUT2D eigenvalue weighted by Gasteiger charge is 2.34. The minimum Gasteiger partial charge on any atom is -0.481 e. The van der Waals surface area contributed by atoms with Crippen LogP contribution < -0.4 is 0 Å². The Morgan fingerprint density at radius 2 is 2.05 bits per heavy atom. The Bertz CT molecular complexity index is 447. The molecule has 19 heavy (non-hydrogen) atoms. The van der Waals surface area contributed by atoms with Gasteiger partial charge in [-0.3, -0.25) is 4.79 Å². The van der Waals surface area contributed by atoms with Gasteiger partial charge >= 0.3 is 5.97 Å². The lowest BCUT2D eigenvalue weighted by atomic mass is 9.76. The zero-order chi connectivity index (χ0) is 13.2. The maximum Gasteiger partial charge on any atom is 0.306 e. The summed E-state index contributed by atoms with van der Waals surface area (Å²) in [6.45, 7) is 0. The zero-order valence-corrected chi connectivity index (χ0v) is 11.9. The van der Waals surface area contributed by atoms with Gasteiger partial charge in [0.15, 0.2) is 0 Å². The summed E-state index contributed by atoms with van der Waals surface area (Å²) >= 11 is 1.95. The van der Waals surface area contributed by atoms with E-state index in [1.54, 1.807) is 0 Å². The summed E-state index contributed by atoms with van der Waals surface area (Å²) in [5.41, 5.74) is 1.44. The second-order valence-corrected chi connectivity index (χ2v) is 7.12. The molecule has 1 heterocycles. The lowest BCUT2D eigenvalue weighted by Crippen LogP contribution is -2.29. The Morgan fingerprint density at radius 1 is 1.26 bits per heavy atom. The van der Waals surface area contributed by atoms with Gasteiger partial charge in [-0.1, -0.05) is 31.0 Å². The van der Waals surface area contributed by atoms with Gasteiger partial charge in [0, 0.05) is 10.1 Å². The number of benzene rings is 1. The molecule has 1 aliphatic carbocycles. The SMILES string of the molecule is O=C(O)C1CCCCC1CC1Cc2ccccc2S1. The van der Waals surface area contributed by atoms with Gasteiger partial charge in [0.1, 0.15) is 0 Å². The molecule has 2 nitrogen and oxygen atoms in total. The number of rotatable bonds is 3. The van der Waals surface area contributed by atoms with Gasteiger partial charge in [-0.25, -0.2) is 0 Å². The lowest BCUT2D eigenvalue weighted by molar-refractivity contribution is -0.145. The van der Waals surface area contributed by atoms with Gasteiger partial charge in [-0.15, -0.1) is 11.8 Å². The van der Waals surface area contributed by atoms with Crippen molar-refractivity contribution in [2.75, 3.05) is 0 Å². The van der Waals surface area contributed by atoms with Gasteiger partial charge in [0.2, 0.25) is 0 Å². The zero-order valence-electron chi connectivity index (χ0n) is 11.0. The first kappa shape index (κ1) is 13.0. The Labute approximate surface area is 118 Å². The van der Waals surface area contributed by atoms with E-state index in [-0.39, 0.29) is 5.92 Å². The van der Waals surface area contributed by atoms with Crippen molar-refractivity contribution in [3.05, 3.63) is 29.8 Å². The molecule has 3 heteroatoms. The largest absolute Gasteiger partial charge is 0.481 e. The van der Waals surface area contributed by atoms with Crippen LogP contribution in [0.5, 0.6) is 0 Å². The summed E-state index contributed by atoms with van der Waals surface area (Å²) in [6.07, 6.45) is 6.46. The normalized spacial score (nSPS) is 30.0. The van der Waals surface area contributed by atoms with Gasteiger partial charge < -0.3 is 5.11 Å². The van der Waals surface area contributed by atoms with Gasteiger partial charge in [-0.05, 0) is 43.2 Å². The quantitative estimate of drug-likeness (QED) is 0.907. The van der Waals surface area contributed by atoms with Crippen LogP contribution in [0.25, 0.3) is 0 Å². The number of carboxylic acids is 1. The highest BCUT2D eigenvalue weighted by atomic mass is 32.2. The van der Waals surface area contributed by atoms with Gasteiger partial charge in [-0.2, -0.15) is 0 Å². The minimum absolute atomic E-state index is 0.0990. The van der Waals surface area contributed by atoms with Gasteiger partial charge in [0.05, 0.1) is 5.92 Å². The smallest absolute Gasteiger partial charge is 0.306 e. The van der Waals surface area contributed by atoms with Crippen LogP contribution in [0, 0.1) is 11.8 Å². The molecule has 0 bridgehead atoms. The van der Waals surface area contributed by atoms with E-state index >= 15 is 0 Å². The molecule has 1 aliphatic heterocycles. The van der Waals surface area contributed by atoms with Crippen LogP contribution in [0.3, 0.4) is 0 Å². The molecule has 0 spiro atoms. The number of carboxylic acid groups (broad SMARTS) is 1. The van der Waals surface area contributed by atoms with Crippen LogP contribution in [0.4, 0.5) is 0 Å². The lowest BCUT2D eigenvalue weighted by Gasteiger charge is -2.30. The Morgan fingerprint density at radius 3 is 2.84 bits per heavy atom. The van der Waals surface area contributed by atoms with Gasteiger partial charge in [0.25, 0.3) is 0 Å². The van der Waals surface area contributed by atoms with E-state index in [4.69, 9.17) is 0 Å². The Balaban J connectivity index is 1.64. The van der Waals surface area contributed by atoms with Crippen molar-refractivity contribution >= 4 is 17.7 Å².